The molecule has 0 saturated carbocycles. The molecular formula is C26H33N2OP. The smallest absolute Gasteiger partial charge is 0.120 e. The zero-order chi connectivity index (χ0) is 21.9. The second-order valence-electron chi connectivity index (χ2n) is 8.87. The molecule has 0 heterocycles. The standard InChI is InChI=1S/C26H33N2OP/c1-26(2,3)29-22-12-18-25(19-13-22)30(23-14-8-20(9-15-23)27(4)5)24-16-10-21(11-17-24)28(6)7/h8-19H,1-7H3. The minimum absolute atomic E-state index is 0.198. The maximum absolute atomic E-state index is 6.03. The van der Waals surface area contributed by atoms with Gasteiger partial charge in [0, 0.05) is 39.6 Å². The average Bonchev–Trinajstić information content (AvgIpc) is 2.69. The summed E-state index contributed by atoms with van der Waals surface area (Å²) in [5.41, 5.74) is 2.23. The van der Waals surface area contributed by atoms with Gasteiger partial charge in [0.05, 0.1) is 0 Å². The maximum atomic E-state index is 6.03. The summed E-state index contributed by atoms with van der Waals surface area (Å²) in [6.45, 7) is 6.23. The Morgan fingerprint density at radius 1 is 0.567 bits per heavy atom. The second kappa shape index (κ2) is 9.10. The molecule has 0 saturated heterocycles. The van der Waals surface area contributed by atoms with E-state index in [0.717, 1.165) is 5.75 Å². The Morgan fingerprint density at radius 3 is 1.20 bits per heavy atom. The molecule has 3 rings (SSSR count). The van der Waals surface area contributed by atoms with E-state index in [1.807, 2.05) is 0 Å². The van der Waals surface area contributed by atoms with Crippen molar-refractivity contribution in [1.29, 1.82) is 0 Å². The molecule has 0 N–H and O–H groups in total. The van der Waals surface area contributed by atoms with E-state index in [1.165, 1.54) is 27.3 Å². The van der Waals surface area contributed by atoms with Crippen LogP contribution in [-0.2, 0) is 0 Å². The van der Waals surface area contributed by atoms with Gasteiger partial charge in [-0.1, -0.05) is 36.4 Å². The van der Waals surface area contributed by atoms with Crippen molar-refractivity contribution in [3.8, 4) is 5.75 Å². The summed E-state index contributed by atoms with van der Waals surface area (Å²) < 4.78 is 6.03. The van der Waals surface area contributed by atoms with Gasteiger partial charge >= 0.3 is 0 Å². The lowest BCUT2D eigenvalue weighted by Crippen LogP contribution is -2.24. The first-order valence-electron chi connectivity index (χ1n) is 10.3. The lowest BCUT2D eigenvalue weighted by atomic mass is 10.2. The highest BCUT2D eigenvalue weighted by atomic mass is 31.1. The van der Waals surface area contributed by atoms with Crippen molar-refractivity contribution in [2.24, 2.45) is 0 Å². The van der Waals surface area contributed by atoms with Crippen molar-refractivity contribution >= 4 is 35.2 Å². The second-order valence-corrected chi connectivity index (χ2v) is 11.1. The Bertz CT molecular complexity index is 889. The summed E-state index contributed by atoms with van der Waals surface area (Å²) in [5.74, 6) is 0.909. The summed E-state index contributed by atoms with van der Waals surface area (Å²) in [6, 6.07) is 26.5. The summed E-state index contributed by atoms with van der Waals surface area (Å²) in [6.07, 6.45) is 0. The molecule has 30 heavy (non-hydrogen) atoms. The van der Waals surface area contributed by atoms with Crippen LogP contribution in [0.3, 0.4) is 0 Å². The van der Waals surface area contributed by atoms with Gasteiger partial charge in [-0.2, -0.15) is 0 Å². The zero-order valence-electron chi connectivity index (χ0n) is 19.2. The zero-order valence-corrected chi connectivity index (χ0v) is 20.1. The average molecular weight is 421 g/mol. The van der Waals surface area contributed by atoms with Gasteiger partial charge in [-0.15, -0.1) is 0 Å². The van der Waals surface area contributed by atoms with Gasteiger partial charge in [-0.05, 0) is 81.0 Å². The van der Waals surface area contributed by atoms with Gasteiger partial charge in [0.2, 0.25) is 0 Å². The van der Waals surface area contributed by atoms with E-state index in [4.69, 9.17) is 4.74 Å². The van der Waals surface area contributed by atoms with Crippen LogP contribution in [-0.4, -0.2) is 33.8 Å². The van der Waals surface area contributed by atoms with E-state index in [2.05, 4.69) is 132 Å². The van der Waals surface area contributed by atoms with E-state index >= 15 is 0 Å². The van der Waals surface area contributed by atoms with E-state index < -0.39 is 7.92 Å². The van der Waals surface area contributed by atoms with Crippen molar-refractivity contribution < 1.29 is 4.74 Å². The highest BCUT2D eigenvalue weighted by Crippen LogP contribution is 2.34. The number of anilines is 2. The van der Waals surface area contributed by atoms with E-state index in [9.17, 15) is 0 Å². The first-order chi connectivity index (χ1) is 14.1. The molecular weight excluding hydrogens is 387 g/mol. The lowest BCUT2D eigenvalue weighted by molar-refractivity contribution is 0.131. The first kappa shape index (κ1) is 22.2. The SMILES string of the molecule is CN(C)c1ccc(P(c2ccc(OC(C)(C)C)cc2)c2ccc(N(C)C)cc2)cc1. The minimum atomic E-state index is -0.647. The van der Waals surface area contributed by atoms with Crippen LogP contribution in [0.4, 0.5) is 11.4 Å². The number of hydrogen-bond donors (Lipinski definition) is 0. The predicted molar refractivity (Wildman–Crippen MR) is 134 cm³/mol. The van der Waals surface area contributed by atoms with E-state index in [1.54, 1.807) is 0 Å². The van der Waals surface area contributed by atoms with Gasteiger partial charge in [0.25, 0.3) is 0 Å². The largest absolute Gasteiger partial charge is 0.488 e. The van der Waals surface area contributed by atoms with Crippen molar-refractivity contribution in [2.45, 2.75) is 26.4 Å². The molecule has 4 heteroatoms. The Labute approximate surface area is 183 Å². The quantitative estimate of drug-likeness (QED) is 0.535. The molecule has 0 unspecified atom stereocenters. The van der Waals surface area contributed by atoms with Crippen LogP contribution in [0.15, 0.2) is 72.8 Å². The molecule has 3 aromatic carbocycles. The summed E-state index contributed by atoms with van der Waals surface area (Å²) in [7, 11) is 7.65. The van der Waals surface area contributed by atoms with Crippen LogP contribution >= 0.6 is 7.92 Å². The summed E-state index contributed by atoms with van der Waals surface area (Å²) >= 11 is 0. The Kier molecular flexibility index (Phi) is 6.73. The molecule has 0 aliphatic rings. The molecule has 0 aliphatic heterocycles. The van der Waals surface area contributed by atoms with Gasteiger partial charge in [-0.3, -0.25) is 0 Å². The maximum Gasteiger partial charge on any atom is 0.120 e. The number of rotatable bonds is 6. The van der Waals surface area contributed by atoms with Crippen LogP contribution < -0.4 is 30.5 Å². The van der Waals surface area contributed by atoms with Crippen LogP contribution in [0.25, 0.3) is 0 Å². The number of hydrogen-bond acceptors (Lipinski definition) is 3. The molecule has 0 fully saturated rings. The van der Waals surface area contributed by atoms with Crippen molar-refractivity contribution in [2.75, 3.05) is 38.0 Å². The fraction of sp³-hybridized carbons (Fsp3) is 0.308. The van der Waals surface area contributed by atoms with Gasteiger partial charge < -0.3 is 14.5 Å². The predicted octanol–water partition coefficient (Wildman–Crippen LogP) is 4.75. The number of nitrogens with zero attached hydrogens (tertiary/aromatic N) is 2. The molecule has 0 amide bonds. The third-order valence-electron chi connectivity index (χ3n) is 4.77. The van der Waals surface area contributed by atoms with Gasteiger partial charge in [0.15, 0.2) is 0 Å². The Morgan fingerprint density at radius 2 is 0.900 bits per heavy atom. The fourth-order valence-electron chi connectivity index (χ4n) is 3.26. The van der Waals surface area contributed by atoms with Crippen LogP contribution in [0, 0.1) is 0 Å². The highest BCUT2D eigenvalue weighted by Gasteiger charge is 2.18. The van der Waals surface area contributed by atoms with Crippen LogP contribution in [0.1, 0.15) is 20.8 Å². The molecule has 0 spiro atoms. The molecule has 0 bridgehead atoms. The molecule has 3 nitrogen and oxygen atoms in total. The van der Waals surface area contributed by atoms with Gasteiger partial charge in [-0.25, -0.2) is 0 Å². The van der Waals surface area contributed by atoms with Crippen molar-refractivity contribution in [3.63, 3.8) is 0 Å². The van der Waals surface area contributed by atoms with Crippen molar-refractivity contribution in [1.82, 2.24) is 0 Å². The fourth-order valence-corrected chi connectivity index (χ4v) is 5.50. The Balaban J connectivity index is 2.00. The third-order valence-corrected chi connectivity index (χ3v) is 7.21. The number of ether oxygens (including phenoxy) is 1. The van der Waals surface area contributed by atoms with E-state index in [0.29, 0.717) is 0 Å². The lowest BCUT2D eigenvalue weighted by Gasteiger charge is -2.24. The molecule has 0 aliphatic carbocycles. The summed E-state index contributed by atoms with van der Waals surface area (Å²) in [5, 5.41) is 4.01. The summed E-state index contributed by atoms with van der Waals surface area (Å²) in [4.78, 5) is 4.27. The topological polar surface area (TPSA) is 15.7 Å². The third kappa shape index (κ3) is 5.55. The molecule has 0 atom stereocenters. The van der Waals surface area contributed by atoms with Gasteiger partial charge in [0.1, 0.15) is 11.4 Å². The monoisotopic (exact) mass is 420 g/mol. The van der Waals surface area contributed by atoms with Crippen LogP contribution in [0.2, 0.25) is 0 Å². The minimum Gasteiger partial charge on any atom is -0.488 e. The number of benzene rings is 3. The Hall–Kier alpha value is -2.51. The molecule has 158 valence electrons. The van der Waals surface area contributed by atoms with Crippen molar-refractivity contribution in [3.05, 3.63) is 72.8 Å². The van der Waals surface area contributed by atoms with E-state index in [-0.39, 0.29) is 5.60 Å². The first-order valence-corrected chi connectivity index (χ1v) is 11.6. The normalized spacial score (nSPS) is 11.5. The molecule has 0 radical (unpaired) electrons. The molecule has 0 aromatic heterocycles. The van der Waals surface area contributed by atoms with Crippen LogP contribution in [0.5, 0.6) is 5.75 Å². The molecule has 3 aromatic rings. The highest BCUT2D eigenvalue weighted by molar-refractivity contribution is 7.79.